The molecule has 1 N–H and O–H groups in total. The highest BCUT2D eigenvalue weighted by molar-refractivity contribution is 5.94. The van der Waals surface area contributed by atoms with Gasteiger partial charge in [0.2, 0.25) is 0 Å². The summed E-state index contributed by atoms with van der Waals surface area (Å²) in [6, 6.07) is 16.4. The third-order valence-electron chi connectivity index (χ3n) is 6.15. The van der Waals surface area contributed by atoms with Gasteiger partial charge in [-0.25, -0.2) is 0 Å². The molecule has 0 spiro atoms. The van der Waals surface area contributed by atoms with Crippen LogP contribution in [0, 0.1) is 5.92 Å². The third kappa shape index (κ3) is 8.87. The van der Waals surface area contributed by atoms with Crippen LogP contribution in [0.3, 0.4) is 0 Å². The zero-order valence-electron chi connectivity index (χ0n) is 22.1. The second-order valence-electron chi connectivity index (χ2n) is 10.5. The molecule has 0 radical (unpaired) electrons. The normalized spacial score (nSPS) is 19.6. The van der Waals surface area contributed by atoms with Crippen molar-refractivity contribution in [3.63, 3.8) is 0 Å². The number of hydrogen-bond donors (Lipinski definition) is 1. The predicted octanol–water partition coefficient (Wildman–Crippen LogP) is 6.65. The van der Waals surface area contributed by atoms with Crippen LogP contribution in [-0.4, -0.2) is 36.0 Å². The highest BCUT2D eigenvalue weighted by Gasteiger charge is 2.44. The Morgan fingerprint density at radius 3 is 2.26 bits per heavy atom. The van der Waals surface area contributed by atoms with Crippen molar-refractivity contribution >= 4 is 17.4 Å². The first-order valence-corrected chi connectivity index (χ1v) is 12.6. The van der Waals surface area contributed by atoms with Gasteiger partial charge < -0.3 is 10.1 Å². The van der Waals surface area contributed by atoms with Gasteiger partial charge in [-0.3, -0.25) is 14.3 Å². The zero-order valence-corrected chi connectivity index (χ0v) is 22.1. The molecule has 0 aliphatic heterocycles. The third-order valence-corrected chi connectivity index (χ3v) is 6.15. The number of halogens is 3. The molecule has 204 valence electrons. The minimum atomic E-state index is -4.77. The maximum Gasteiger partial charge on any atom is 0.523 e. The summed E-state index contributed by atoms with van der Waals surface area (Å²) in [6.07, 6.45) is 1.20. The maximum absolute atomic E-state index is 13.2. The maximum atomic E-state index is 13.2. The van der Waals surface area contributed by atoms with E-state index in [0.29, 0.717) is 18.4 Å². The Labute approximate surface area is 221 Å². The lowest BCUT2D eigenvalue weighted by atomic mass is 9.78. The van der Waals surface area contributed by atoms with Gasteiger partial charge in [0.1, 0.15) is 5.60 Å². The topological polar surface area (TPSA) is 64.6 Å². The largest absolute Gasteiger partial charge is 0.523 e. The molecular formula is C30H34F3NO4. The van der Waals surface area contributed by atoms with Crippen molar-refractivity contribution in [2.24, 2.45) is 5.92 Å². The van der Waals surface area contributed by atoms with E-state index < -0.39 is 29.5 Å². The molecule has 2 aromatic rings. The van der Waals surface area contributed by atoms with Gasteiger partial charge in [0.15, 0.2) is 0 Å². The summed E-state index contributed by atoms with van der Waals surface area (Å²) in [5.41, 5.74) is 0.955. The van der Waals surface area contributed by atoms with Gasteiger partial charge in [0, 0.05) is 18.0 Å². The monoisotopic (exact) mass is 529 g/mol. The first-order valence-electron chi connectivity index (χ1n) is 12.6. The Balaban J connectivity index is 1.63. The molecule has 0 heterocycles. The van der Waals surface area contributed by atoms with Crippen molar-refractivity contribution in [1.29, 1.82) is 0 Å². The molecule has 0 fully saturated rings. The van der Waals surface area contributed by atoms with E-state index in [0.717, 1.165) is 16.7 Å². The van der Waals surface area contributed by atoms with Gasteiger partial charge >= 0.3 is 12.3 Å². The summed E-state index contributed by atoms with van der Waals surface area (Å²) in [5, 5.41) is 2.69. The number of benzene rings is 2. The summed E-state index contributed by atoms with van der Waals surface area (Å²) >= 11 is 0. The second kappa shape index (κ2) is 12.0. The van der Waals surface area contributed by atoms with Crippen LogP contribution in [0.4, 0.5) is 13.2 Å². The van der Waals surface area contributed by atoms with E-state index in [1.807, 2.05) is 36.4 Å². The number of amides is 1. The molecular weight excluding hydrogens is 495 g/mol. The van der Waals surface area contributed by atoms with Gasteiger partial charge in [0.05, 0.1) is 12.0 Å². The number of aryl methyl sites for hydroxylation is 1. The highest BCUT2D eigenvalue weighted by Crippen LogP contribution is 2.40. The number of ether oxygens (including phenoxy) is 2. The number of carbonyl (C=O) groups excluding carboxylic acids is 2. The minimum Gasteiger partial charge on any atom is -0.460 e. The van der Waals surface area contributed by atoms with Crippen molar-refractivity contribution in [1.82, 2.24) is 5.32 Å². The minimum absolute atomic E-state index is 0.0637. The van der Waals surface area contributed by atoms with Crippen LogP contribution in [-0.2, 0) is 20.7 Å². The van der Waals surface area contributed by atoms with Gasteiger partial charge in [-0.05, 0) is 69.4 Å². The van der Waals surface area contributed by atoms with Gasteiger partial charge in [-0.2, -0.15) is 0 Å². The molecule has 1 aliphatic carbocycles. The average molecular weight is 530 g/mol. The van der Waals surface area contributed by atoms with Crippen LogP contribution in [0.1, 0.15) is 62.0 Å². The number of allylic oxidation sites excluding steroid dienone is 2. The molecule has 8 heteroatoms. The molecule has 0 saturated carbocycles. The summed E-state index contributed by atoms with van der Waals surface area (Å²) in [7, 11) is 0. The van der Waals surface area contributed by atoms with Crippen LogP contribution in [0.15, 0.2) is 72.8 Å². The Bertz CT molecular complexity index is 1160. The molecule has 0 bridgehead atoms. The lowest BCUT2D eigenvalue weighted by molar-refractivity contribution is -0.361. The van der Waals surface area contributed by atoms with E-state index in [2.05, 4.69) is 10.1 Å². The van der Waals surface area contributed by atoms with Crippen molar-refractivity contribution in [3.05, 3.63) is 89.5 Å². The molecule has 2 aromatic carbocycles. The van der Waals surface area contributed by atoms with E-state index in [1.54, 1.807) is 51.1 Å². The van der Waals surface area contributed by atoms with E-state index in [-0.39, 0.29) is 18.9 Å². The standard InChI is InChI=1S/C30H34F3NO4/c1-28(2,3)37-26(35)17-19-34-27(36)23-13-10-21(11-14-23)12-15-25-20-24(22-8-6-5-7-9-22)16-18-29(25,4)38-30(31,32)33/h5-11,13-14,16,18,20,25H,12,15,17,19H2,1-4H3,(H,34,36). The van der Waals surface area contributed by atoms with Crippen LogP contribution >= 0.6 is 0 Å². The first kappa shape index (κ1) is 29.2. The number of rotatable bonds is 9. The van der Waals surface area contributed by atoms with Gasteiger partial charge in [0.25, 0.3) is 5.91 Å². The molecule has 3 rings (SSSR count). The van der Waals surface area contributed by atoms with E-state index in [4.69, 9.17) is 4.74 Å². The molecule has 0 aromatic heterocycles. The molecule has 0 saturated heterocycles. The van der Waals surface area contributed by atoms with Crippen molar-refractivity contribution < 1.29 is 32.2 Å². The molecule has 1 amide bonds. The Kier molecular flexibility index (Phi) is 9.20. The number of carbonyl (C=O) groups is 2. The molecule has 1 aliphatic rings. The number of hydrogen-bond acceptors (Lipinski definition) is 4. The second-order valence-corrected chi connectivity index (χ2v) is 10.5. The van der Waals surface area contributed by atoms with E-state index in [9.17, 15) is 22.8 Å². The highest BCUT2D eigenvalue weighted by atomic mass is 19.4. The SMILES string of the molecule is CC(C)(C)OC(=O)CCNC(=O)c1ccc(CCC2C=C(c3ccccc3)C=CC2(C)OC(F)(F)F)cc1. The molecule has 2 atom stereocenters. The molecule has 2 unspecified atom stereocenters. The lowest BCUT2D eigenvalue weighted by Gasteiger charge is -2.37. The van der Waals surface area contributed by atoms with Gasteiger partial charge in [-0.15, -0.1) is 13.2 Å². The summed E-state index contributed by atoms with van der Waals surface area (Å²) in [4.78, 5) is 24.2. The van der Waals surface area contributed by atoms with Crippen LogP contribution in [0.2, 0.25) is 0 Å². The van der Waals surface area contributed by atoms with E-state index in [1.165, 1.54) is 13.0 Å². The average Bonchev–Trinajstić information content (AvgIpc) is 2.82. The molecule has 38 heavy (non-hydrogen) atoms. The quantitative estimate of drug-likeness (QED) is 0.370. The summed E-state index contributed by atoms with van der Waals surface area (Å²) in [6.45, 7) is 6.93. The fourth-order valence-corrected chi connectivity index (χ4v) is 4.29. The summed E-state index contributed by atoms with van der Waals surface area (Å²) in [5.74, 6) is -1.24. The smallest absolute Gasteiger partial charge is 0.460 e. The Hall–Kier alpha value is -3.39. The predicted molar refractivity (Wildman–Crippen MR) is 140 cm³/mol. The Morgan fingerprint density at radius 1 is 1.00 bits per heavy atom. The van der Waals surface area contributed by atoms with Crippen molar-refractivity contribution in [3.8, 4) is 0 Å². The number of alkyl halides is 3. The van der Waals surface area contributed by atoms with Crippen LogP contribution in [0.5, 0.6) is 0 Å². The summed E-state index contributed by atoms with van der Waals surface area (Å²) < 4.78 is 49.5. The van der Waals surface area contributed by atoms with Crippen LogP contribution in [0.25, 0.3) is 5.57 Å². The van der Waals surface area contributed by atoms with Crippen molar-refractivity contribution in [2.45, 2.75) is 64.5 Å². The zero-order chi connectivity index (χ0) is 28.0. The first-order chi connectivity index (χ1) is 17.7. The number of nitrogens with one attached hydrogen (secondary N) is 1. The lowest BCUT2D eigenvalue weighted by Crippen LogP contribution is -2.41. The molecule has 5 nitrogen and oxygen atoms in total. The van der Waals surface area contributed by atoms with Crippen LogP contribution < -0.4 is 5.32 Å². The van der Waals surface area contributed by atoms with E-state index >= 15 is 0 Å². The fraction of sp³-hybridized carbons (Fsp3) is 0.400. The number of esters is 1. The van der Waals surface area contributed by atoms with Crippen molar-refractivity contribution in [2.75, 3.05) is 6.54 Å². The fourth-order valence-electron chi connectivity index (χ4n) is 4.29. The Morgan fingerprint density at radius 2 is 1.66 bits per heavy atom. The van der Waals surface area contributed by atoms with Gasteiger partial charge in [-0.1, -0.05) is 60.7 Å².